The van der Waals surface area contributed by atoms with E-state index in [2.05, 4.69) is 40.8 Å². The SMILES string of the molecule is CCCCn1c(Sc2cc(OC)ccc2C)nc2c(NC)nccc21. The molecule has 2 heterocycles. The van der Waals surface area contributed by atoms with E-state index in [9.17, 15) is 0 Å². The van der Waals surface area contributed by atoms with Crippen molar-refractivity contribution in [1.82, 2.24) is 14.5 Å². The van der Waals surface area contributed by atoms with Crippen molar-refractivity contribution in [3.63, 3.8) is 0 Å². The van der Waals surface area contributed by atoms with E-state index in [1.807, 2.05) is 25.4 Å². The second kappa shape index (κ2) is 7.78. The molecule has 25 heavy (non-hydrogen) atoms. The van der Waals surface area contributed by atoms with Gasteiger partial charge in [-0.25, -0.2) is 9.97 Å². The number of hydrogen-bond donors (Lipinski definition) is 1. The normalized spacial score (nSPS) is 11.0. The third kappa shape index (κ3) is 3.58. The standard InChI is InChI=1S/C19H24N4OS/c1-5-6-11-23-15-9-10-21-18(20-3)17(15)22-19(23)25-16-12-14(24-4)8-7-13(16)2/h7-10,12H,5-6,11H2,1-4H3,(H,20,21). The average Bonchev–Trinajstić information content (AvgIpc) is 2.98. The fraction of sp³-hybridized carbons (Fsp3) is 0.368. The van der Waals surface area contributed by atoms with Crippen LogP contribution in [0.5, 0.6) is 5.75 Å². The highest BCUT2D eigenvalue weighted by Crippen LogP contribution is 2.35. The lowest BCUT2D eigenvalue weighted by atomic mass is 10.2. The molecule has 132 valence electrons. The van der Waals surface area contributed by atoms with Gasteiger partial charge in [-0.05, 0) is 37.1 Å². The maximum Gasteiger partial charge on any atom is 0.174 e. The molecule has 0 unspecified atom stereocenters. The van der Waals surface area contributed by atoms with Crippen molar-refractivity contribution in [2.45, 2.75) is 43.3 Å². The number of nitrogens with one attached hydrogen (secondary N) is 1. The van der Waals surface area contributed by atoms with Crippen LogP contribution in [0.15, 0.2) is 40.5 Å². The number of benzene rings is 1. The Morgan fingerprint density at radius 1 is 1.28 bits per heavy atom. The molecular formula is C19H24N4OS. The molecule has 1 N–H and O–H groups in total. The number of pyridine rings is 1. The van der Waals surface area contributed by atoms with Crippen molar-refractivity contribution in [3.8, 4) is 5.75 Å². The minimum absolute atomic E-state index is 0.817. The van der Waals surface area contributed by atoms with Crippen molar-refractivity contribution in [2.24, 2.45) is 0 Å². The topological polar surface area (TPSA) is 52.0 Å². The number of methoxy groups -OCH3 is 1. The summed E-state index contributed by atoms with van der Waals surface area (Å²) >= 11 is 1.68. The van der Waals surface area contributed by atoms with E-state index in [1.165, 1.54) is 5.56 Å². The number of nitrogens with zero attached hydrogens (tertiary/aromatic N) is 3. The first-order valence-electron chi connectivity index (χ1n) is 8.53. The third-order valence-corrected chi connectivity index (χ3v) is 5.35. The van der Waals surface area contributed by atoms with Crippen molar-refractivity contribution >= 4 is 28.6 Å². The van der Waals surface area contributed by atoms with Crippen molar-refractivity contribution in [1.29, 1.82) is 0 Å². The summed E-state index contributed by atoms with van der Waals surface area (Å²) in [5.41, 5.74) is 3.26. The Morgan fingerprint density at radius 2 is 2.12 bits per heavy atom. The lowest BCUT2D eigenvalue weighted by Gasteiger charge is -2.10. The minimum Gasteiger partial charge on any atom is -0.497 e. The molecule has 0 saturated heterocycles. The Kier molecular flexibility index (Phi) is 5.48. The van der Waals surface area contributed by atoms with Crippen LogP contribution < -0.4 is 10.1 Å². The summed E-state index contributed by atoms with van der Waals surface area (Å²) in [5, 5.41) is 4.13. The van der Waals surface area contributed by atoms with E-state index >= 15 is 0 Å². The van der Waals surface area contributed by atoms with Gasteiger partial charge in [-0.1, -0.05) is 31.2 Å². The Morgan fingerprint density at radius 3 is 2.84 bits per heavy atom. The highest BCUT2D eigenvalue weighted by atomic mass is 32.2. The first-order valence-corrected chi connectivity index (χ1v) is 9.35. The Labute approximate surface area is 152 Å². The molecule has 0 radical (unpaired) electrons. The number of unbranched alkanes of at least 4 members (excludes halogenated alkanes) is 1. The van der Waals surface area contributed by atoms with Crippen LogP contribution in [0.3, 0.4) is 0 Å². The van der Waals surface area contributed by atoms with Crippen LogP contribution >= 0.6 is 11.8 Å². The summed E-state index contributed by atoms with van der Waals surface area (Å²) in [6.07, 6.45) is 4.10. The van der Waals surface area contributed by atoms with E-state index in [0.29, 0.717) is 0 Å². The Bertz CT molecular complexity index is 875. The van der Waals surface area contributed by atoms with Crippen LogP contribution in [0.2, 0.25) is 0 Å². The number of rotatable bonds is 7. The molecule has 0 aliphatic heterocycles. The summed E-state index contributed by atoms with van der Waals surface area (Å²) in [6.45, 7) is 5.27. The molecule has 2 aromatic heterocycles. The van der Waals surface area contributed by atoms with Crippen LogP contribution in [-0.2, 0) is 6.54 Å². The van der Waals surface area contributed by atoms with E-state index in [0.717, 1.165) is 52.0 Å². The first kappa shape index (κ1) is 17.6. The summed E-state index contributed by atoms with van der Waals surface area (Å²) < 4.78 is 7.67. The summed E-state index contributed by atoms with van der Waals surface area (Å²) in [7, 11) is 3.58. The lowest BCUT2D eigenvalue weighted by molar-refractivity contribution is 0.413. The fourth-order valence-electron chi connectivity index (χ4n) is 2.74. The van der Waals surface area contributed by atoms with Gasteiger partial charge in [0.15, 0.2) is 11.0 Å². The van der Waals surface area contributed by atoms with Crippen molar-refractivity contribution in [3.05, 3.63) is 36.0 Å². The molecule has 0 amide bonds. The average molecular weight is 356 g/mol. The van der Waals surface area contributed by atoms with Gasteiger partial charge in [0, 0.05) is 24.7 Å². The maximum atomic E-state index is 5.38. The monoisotopic (exact) mass is 356 g/mol. The van der Waals surface area contributed by atoms with Gasteiger partial charge in [0.25, 0.3) is 0 Å². The number of anilines is 1. The quantitative estimate of drug-likeness (QED) is 0.662. The summed E-state index contributed by atoms with van der Waals surface area (Å²) in [6, 6.07) is 8.19. The highest BCUT2D eigenvalue weighted by molar-refractivity contribution is 7.99. The number of aromatic nitrogens is 3. The Hall–Kier alpha value is -2.21. The second-order valence-corrected chi connectivity index (χ2v) is 6.92. The van der Waals surface area contributed by atoms with Gasteiger partial charge in [0.2, 0.25) is 0 Å². The van der Waals surface area contributed by atoms with Gasteiger partial charge in [-0.15, -0.1) is 0 Å². The van der Waals surface area contributed by atoms with Gasteiger partial charge >= 0.3 is 0 Å². The number of ether oxygens (including phenoxy) is 1. The molecule has 0 saturated carbocycles. The fourth-order valence-corrected chi connectivity index (χ4v) is 3.78. The predicted octanol–water partition coefficient (Wildman–Crippen LogP) is 4.74. The highest BCUT2D eigenvalue weighted by Gasteiger charge is 2.16. The van der Waals surface area contributed by atoms with Gasteiger partial charge in [-0.3, -0.25) is 0 Å². The zero-order chi connectivity index (χ0) is 17.8. The van der Waals surface area contributed by atoms with Gasteiger partial charge in [-0.2, -0.15) is 0 Å². The number of hydrogen-bond acceptors (Lipinski definition) is 5. The molecule has 0 fully saturated rings. The number of aryl methyl sites for hydroxylation is 2. The number of fused-ring (bicyclic) bond motifs is 1. The number of imidazole rings is 1. The van der Waals surface area contributed by atoms with Crippen LogP contribution in [0.1, 0.15) is 25.3 Å². The van der Waals surface area contributed by atoms with Crippen LogP contribution in [0.25, 0.3) is 11.0 Å². The Balaban J connectivity index is 2.08. The van der Waals surface area contributed by atoms with E-state index < -0.39 is 0 Å². The zero-order valence-electron chi connectivity index (χ0n) is 15.2. The van der Waals surface area contributed by atoms with E-state index in [4.69, 9.17) is 9.72 Å². The molecule has 3 rings (SSSR count). The molecule has 0 aliphatic rings. The molecule has 5 nitrogen and oxygen atoms in total. The van der Waals surface area contributed by atoms with Crippen molar-refractivity contribution < 1.29 is 4.74 Å². The van der Waals surface area contributed by atoms with Crippen molar-refractivity contribution in [2.75, 3.05) is 19.5 Å². The van der Waals surface area contributed by atoms with E-state index in [-0.39, 0.29) is 0 Å². The first-order chi connectivity index (χ1) is 12.2. The molecule has 0 bridgehead atoms. The summed E-state index contributed by atoms with van der Waals surface area (Å²) in [5.74, 6) is 1.68. The molecule has 0 spiro atoms. The molecule has 6 heteroatoms. The molecule has 0 atom stereocenters. The maximum absolute atomic E-state index is 5.38. The lowest BCUT2D eigenvalue weighted by Crippen LogP contribution is -2.00. The van der Waals surface area contributed by atoms with E-state index in [1.54, 1.807) is 18.9 Å². The van der Waals surface area contributed by atoms with Gasteiger partial charge < -0.3 is 14.6 Å². The summed E-state index contributed by atoms with van der Waals surface area (Å²) in [4.78, 5) is 10.4. The smallest absolute Gasteiger partial charge is 0.174 e. The van der Waals surface area contributed by atoms with Crippen LogP contribution in [-0.4, -0.2) is 28.7 Å². The largest absolute Gasteiger partial charge is 0.497 e. The molecular weight excluding hydrogens is 332 g/mol. The van der Waals surface area contributed by atoms with Crippen LogP contribution in [0.4, 0.5) is 5.82 Å². The molecule has 3 aromatic rings. The van der Waals surface area contributed by atoms with Gasteiger partial charge in [0.05, 0.1) is 12.6 Å². The zero-order valence-corrected chi connectivity index (χ0v) is 16.0. The molecule has 1 aromatic carbocycles. The second-order valence-electron chi connectivity index (χ2n) is 5.91. The minimum atomic E-state index is 0.817. The molecule has 0 aliphatic carbocycles. The predicted molar refractivity (Wildman–Crippen MR) is 104 cm³/mol. The van der Waals surface area contributed by atoms with Crippen LogP contribution in [0, 0.1) is 6.92 Å². The van der Waals surface area contributed by atoms with Gasteiger partial charge in [0.1, 0.15) is 11.3 Å². The third-order valence-electron chi connectivity index (χ3n) is 4.20.